The van der Waals surface area contributed by atoms with Crippen LogP contribution in [0.4, 0.5) is 4.79 Å². The first kappa shape index (κ1) is 17.9. The lowest BCUT2D eigenvalue weighted by Gasteiger charge is -2.24. The number of imide groups is 1. The molecule has 3 amide bonds. The maximum Gasteiger partial charge on any atom is 0.322 e. The molecule has 1 aromatic carbocycles. The van der Waals surface area contributed by atoms with Gasteiger partial charge in [0.15, 0.2) is 28.5 Å². The summed E-state index contributed by atoms with van der Waals surface area (Å²) in [7, 11) is 1.51. The Morgan fingerprint density at radius 3 is 2.80 bits per heavy atom. The smallest absolute Gasteiger partial charge is 0.322 e. The van der Waals surface area contributed by atoms with Crippen molar-refractivity contribution >= 4 is 33.8 Å². The molecule has 5 rings (SSSR count). The molecule has 1 saturated heterocycles. The van der Waals surface area contributed by atoms with Crippen LogP contribution in [0.25, 0.3) is 21.9 Å². The van der Waals surface area contributed by atoms with Crippen molar-refractivity contribution in [3.05, 3.63) is 48.5 Å². The first-order valence-electron chi connectivity index (χ1n) is 8.99. The number of pyridine rings is 1. The lowest BCUT2D eigenvalue weighted by atomic mass is 9.95. The summed E-state index contributed by atoms with van der Waals surface area (Å²) < 4.78 is 12.3. The van der Waals surface area contributed by atoms with Crippen LogP contribution in [0.3, 0.4) is 0 Å². The van der Waals surface area contributed by atoms with Crippen LogP contribution >= 0.6 is 0 Å². The number of amides is 3. The molecule has 1 aliphatic heterocycles. The third-order valence-electron chi connectivity index (χ3n) is 5.23. The highest BCUT2D eigenvalue weighted by Gasteiger charge is 2.53. The van der Waals surface area contributed by atoms with Gasteiger partial charge in [0.25, 0.3) is 5.91 Å². The van der Waals surface area contributed by atoms with Crippen LogP contribution in [0.5, 0.6) is 17.4 Å². The third-order valence-corrected chi connectivity index (χ3v) is 5.23. The lowest BCUT2D eigenvalue weighted by molar-refractivity contribution is -0.125. The van der Waals surface area contributed by atoms with Crippen molar-refractivity contribution < 1.29 is 29.0 Å². The molecule has 3 aromatic heterocycles. The van der Waals surface area contributed by atoms with Gasteiger partial charge in [-0.05, 0) is 30.3 Å². The Bertz CT molecular complexity index is 1340. The first-order chi connectivity index (χ1) is 14.4. The third kappa shape index (κ3) is 2.40. The minimum atomic E-state index is -1.79. The summed E-state index contributed by atoms with van der Waals surface area (Å²) in [6.45, 7) is -0.235. The Kier molecular flexibility index (Phi) is 3.66. The molecule has 1 fully saturated rings. The predicted octanol–water partition coefficient (Wildman–Crippen LogP) is 1.94. The molecule has 4 aromatic rings. The minimum absolute atomic E-state index is 0.133. The van der Waals surface area contributed by atoms with Gasteiger partial charge in [-0.1, -0.05) is 0 Å². The van der Waals surface area contributed by atoms with E-state index in [2.05, 4.69) is 15.6 Å². The number of methoxy groups -OCH3 is 1. The van der Waals surface area contributed by atoms with Gasteiger partial charge in [0, 0.05) is 23.2 Å². The summed E-state index contributed by atoms with van der Waals surface area (Å²) in [5.41, 5.74) is -1.38. The molecule has 1 atom stereocenters. The molecule has 0 spiro atoms. The van der Waals surface area contributed by atoms with Gasteiger partial charge < -0.3 is 29.3 Å². The minimum Gasteiger partial charge on any atom is -0.503 e. The van der Waals surface area contributed by atoms with E-state index >= 15 is 0 Å². The fourth-order valence-corrected chi connectivity index (χ4v) is 3.77. The first-order valence-corrected chi connectivity index (χ1v) is 8.99. The number of aromatic nitrogens is 2. The van der Waals surface area contributed by atoms with E-state index in [1.807, 2.05) is 0 Å². The van der Waals surface area contributed by atoms with Gasteiger partial charge in [-0.25, -0.2) is 9.78 Å². The van der Waals surface area contributed by atoms with E-state index in [9.17, 15) is 19.8 Å². The number of aromatic hydroxyl groups is 2. The van der Waals surface area contributed by atoms with Crippen LogP contribution in [-0.2, 0) is 16.9 Å². The predicted molar refractivity (Wildman–Crippen MR) is 104 cm³/mol. The second kappa shape index (κ2) is 6.14. The maximum atomic E-state index is 12.9. The maximum absolute atomic E-state index is 12.9. The molecule has 0 unspecified atom stereocenters. The molecule has 0 bridgehead atoms. The summed E-state index contributed by atoms with van der Waals surface area (Å²) in [5, 5.41) is 27.4. The summed E-state index contributed by atoms with van der Waals surface area (Å²) in [4.78, 5) is 29.0. The molecule has 4 N–H and O–H groups in total. The molecule has 0 radical (unpaired) electrons. The molecule has 0 saturated carbocycles. The van der Waals surface area contributed by atoms with Gasteiger partial charge in [-0.2, -0.15) is 0 Å². The number of carbonyl (C=O) groups is 2. The van der Waals surface area contributed by atoms with Crippen molar-refractivity contribution in [1.29, 1.82) is 0 Å². The zero-order valence-corrected chi connectivity index (χ0v) is 15.7. The van der Waals surface area contributed by atoms with E-state index in [0.717, 1.165) is 0 Å². The number of hydrogen-bond acceptors (Lipinski definition) is 7. The van der Waals surface area contributed by atoms with Crippen molar-refractivity contribution in [1.82, 2.24) is 20.2 Å². The number of furan rings is 1. The number of carbonyl (C=O) groups excluding carboxylic acids is 2. The van der Waals surface area contributed by atoms with Crippen LogP contribution in [0.15, 0.2) is 47.1 Å². The highest BCUT2D eigenvalue weighted by atomic mass is 16.5. The van der Waals surface area contributed by atoms with Gasteiger partial charge in [0.2, 0.25) is 5.54 Å². The number of nitrogens with one attached hydrogen (secondary N) is 2. The Morgan fingerprint density at radius 2 is 2.10 bits per heavy atom. The summed E-state index contributed by atoms with van der Waals surface area (Å²) in [6, 6.07) is 7.61. The van der Waals surface area contributed by atoms with E-state index in [4.69, 9.17) is 9.15 Å². The van der Waals surface area contributed by atoms with E-state index in [1.165, 1.54) is 17.9 Å². The van der Waals surface area contributed by atoms with Crippen molar-refractivity contribution in [2.75, 3.05) is 7.11 Å². The normalized spacial score (nSPS) is 18.7. The molecular formula is C20H16N4O6. The number of urea groups is 1. The van der Waals surface area contributed by atoms with Crippen molar-refractivity contribution in [2.45, 2.75) is 12.1 Å². The largest absolute Gasteiger partial charge is 0.503 e. The second-order valence-electron chi connectivity index (χ2n) is 6.98. The number of fused-ring (bicyclic) bond motifs is 2. The number of rotatable bonds is 4. The summed E-state index contributed by atoms with van der Waals surface area (Å²) in [6.07, 6.45) is 3.10. The molecule has 0 aliphatic carbocycles. The van der Waals surface area contributed by atoms with Gasteiger partial charge in [-0.15, -0.1) is 0 Å². The molecule has 10 heteroatoms. The SMILES string of the molecule is COc1ccc2cn(C[C@@]3(c4oc5cccnc5c4O)NC(=O)NC3=O)c(O)c2c1. The van der Waals surface area contributed by atoms with Crippen LogP contribution in [-0.4, -0.2) is 38.8 Å². The molecular weight excluding hydrogens is 392 g/mol. The van der Waals surface area contributed by atoms with Crippen LogP contribution < -0.4 is 15.4 Å². The fraction of sp³-hybridized carbons (Fsp3) is 0.150. The second-order valence-corrected chi connectivity index (χ2v) is 6.98. The monoisotopic (exact) mass is 408 g/mol. The van der Waals surface area contributed by atoms with Gasteiger partial charge in [0.05, 0.1) is 13.7 Å². The van der Waals surface area contributed by atoms with E-state index in [0.29, 0.717) is 16.5 Å². The van der Waals surface area contributed by atoms with Crippen LogP contribution in [0.1, 0.15) is 5.76 Å². The van der Waals surface area contributed by atoms with Crippen molar-refractivity contribution in [3.63, 3.8) is 0 Å². The summed E-state index contributed by atoms with van der Waals surface area (Å²) in [5.74, 6) is -0.837. The number of benzene rings is 1. The Balaban J connectivity index is 1.69. The topological polar surface area (TPSA) is 139 Å². The van der Waals surface area contributed by atoms with E-state index in [-0.39, 0.29) is 35.0 Å². The number of ether oxygens (including phenoxy) is 1. The zero-order valence-electron chi connectivity index (χ0n) is 15.7. The average molecular weight is 408 g/mol. The van der Waals surface area contributed by atoms with Gasteiger partial charge in [0.1, 0.15) is 5.75 Å². The highest BCUT2D eigenvalue weighted by molar-refractivity contribution is 6.08. The Labute approximate surface area is 168 Å². The Hall–Kier alpha value is -4.21. The summed E-state index contributed by atoms with van der Waals surface area (Å²) >= 11 is 0. The van der Waals surface area contributed by atoms with Crippen molar-refractivity contribution in [3.8, 4) is 17.4 Å². The van der Waals surface area contributed by atoms with Crippen LogP contribution in [0, 0.1) is 0 Å². The molecule has 1 aliphatic rings. The fourth-order valence-electron chi connectivity index (χ4n) is 3.77. The van der Waals surface area contributed by atoms with E-state index < -0.39 is 17.5 Å². The van der Waals surface area contributed by atoms with Gasteiger partial charge >= 0.3 is 6.03 Å². The van der Waals surface area contributed by atoms with Crippen molar-refractivity contribution in [2.24, 2.45) is 0 Å². The molecule has 10 nitrogen and oxygen atoms in total. The zero-order chi connectivity index (χ0) is 21.0. The number of nitrogens with zero attached hydrogens (tertiary/aromatic N) is 2. The van der Waals surface area contributed by atoms with Crippen LogP contribution in [0.2, 0.25) is 0 Å². The standard InChI is InChI=1S/C20H16N4O6/c1-29-11-5-4-10-8-24(17(26)12(10)7-11)9-20(18(27)22-19(28)23-20)16-15(25)14-13(30-16)3-2-6-21-14/h2-8,25-26H,9H2,1H3,(H2,22,23,27,28)/t20-/m0/s1. The quantitative estimate of drug-likeness (QED) is 0.379. The van der Waals surface area contributed by atoms with Gasteiger partial charge in [-0.3, -0.25) is 10.1 Å². The molecule has 4 heterocycles. The molecule has 30 heavy (non-hydrogen) atoms. The lowest BCUT2D eigenvalue weighted by Crippen LogP contribution is -2.47. The Morgan fingerprint density at radius 1 is 1.27 bits per heavy atom. The number of hydrogen-bond donors (Lipinski definition) is 4. The average Bonchev–Trinajstić information content (AvgIpc) is 3.34. The molecule has 152 valence electrons. The highest BCUT2D eigenvalue weighted by Crippen LogP contribution is 2.41. The van der Waals surface area contributed by atoms with E-state index in [1.54, 1.807) is 36.5 Å².